The van der Waals surface area contributed by atoms with Crippen LogP contribution in [0.3, 0.4) is 0 Å². The average Bonchev–Trinajstić information content (AvgIpc) is 2.47. The molecule has 0 aliphatic carbocycles. The predicted octanol–water partition coefficient (Wildman–Crippen LogP) is 2.40. The zero-order chi connectivity index (χ0) is 17.0. The van der Waals surface area contributed by atoms with Gasteiger partial charge in [-0.2, -0.15) is 0 Å². The van der Waals surface area contributed by atoms with Gasteiger partial charge in [0, 0.05) is 21.6 Å². The smallest absolute Gasteiger partial charge is 0.252 e. The van der Waals surface area contributed by atoms with Crippen LogP contribution in [0.1, 0.15) is 15.9 Å². The number of benzene rings is 2. The molecule has 0 radical (unpaired) electrons. The van der Waals surface area contributed by atoms with Gasteiger partial charge in [0.2, 0.25) is 5.91 Å². The Balaban J connectivity index is 2.18. The van der Waals surface area contributed by atoms with Crippen molar-refractivity contribution in [1.29, 1.82) is 0 Å². The van der Waals surface area contributed by atoms with Crippen LogP contribution in [0.25, 0.3) is 0 Å². The fourth-order valence-corrected chi connectivity index (χ4v) is 2.64. The summed E-state index contributed by atoms with van der Waals surface area (Å²) in [5.41, 5.74) is 5.94. The Bertz CT molecular complexity index is 732. The van der Waals surface area contributed by atoms with Crippen LogP contribution < -0.4 is 11.1 Å². The van der Waals surface area contributed by atoms with Gasteiger partial charge >= 0.3 is 0 Å². The van der Waals surface area contributed by atoms with E-state index in [1.807, 2.05) is 18.2 Å². The van der Waals surface area contributed by atoms with E-state index in [0.717, 1.165) is 21.3 Å². The first-order chi connectivity index (χ1) is 10.9. The van der Waals surface area contributed by atoms with Crippen molar-refractivity contribution in [3.05, 3.63) is 68.8 Å². The number of nitrogens with two attached hydrogens (primary N) is 1. The molecule has 4 nitrogen and oxygen atoms in total. The van der Waals surface area contributed by atoms with E-state index in [-0.39, 0.29) is 12.0 Å². The number of nitrogens with one attached hydrogen (secondary N) is 1. The van der Waals surface area contributed by atoms with Crippen molar-refractivity contribution in [2.45, 2.75) is 12.5 Å². The second-order valence-electron chi connectivity index (χ2n) is 4.88. The van der Waals surface area contributed by atoms with Crippen molar-refractivity contribution in [3.63, 3.8) is 0 Å². The van der Waals surface area contributed by atoms with Crippen LogP contribution >= 0.6 is 22.6 Å². The summed E-state index contributed by atoms with van der Waals surface area (Å²) < 4.78 is 27.3. The number of primary amides is 1. The van der Waals surface area contributed by atoms with E-state index in [1.54, 1.807) is 6.07 Å². The van der Waals surface area contributed by atoms with E-state index >= 15 is 0 Å². The van der Waals surface area contributed by atoms with Crippen LogP contribution in [-0.2, 0) is 11.2 Å². The van der Waals surface area contributed by atoms with Crippen molar-refractivity contribution in [2.75, 3.05) is 0 Å². The van der Waals surface area contributed by atoms with Gasteiger partial charge < -0.3 is 11.1 Å². The lowest BCUT2D eigenvalue weighted by Gasteiger charge is -2.16. The summed E-state index contributed by atoms with van der Waals surface area (Å²) in [6, 6.07) is 8.78. The molecule has 3 N–H and O–H groups in total. The molecule has 0 aliphatic heterocycles. The lowest BCUT2D eigenvalue weighted by Crippen LogP contribution is -2.46. The van der Waals surface area contributed by atoms with Crippen molar-refractivity contribution in [1.82, 2.24) is 5.32 Å². The van der Waals surface area contributed by atoms with Crippen LogP contribution in [0.2, 0.25) is 0 Å². The molecule has 7 heteroatoms. The molecule has 0 fully saturated rings. The molecule has 1 atom stereocenters. The van der Waals surface area contributed by atoms with Gasteiger partial charge in [-0.3, -0.25) is 9.59 Å². The van der Waals surface area contributed by atoms with Gasteiger partial charge in [-0.05, 0) is 46.4 Å². The van der Waals surface area contributed by atoms with E-state index in [9.17, 15) is 18.4 Å². The molecule has 2 aromatic carbocycles. The zero-order valence-electron chi connectivity index (χ0n) is 11.9. The maximum Gasteiger partial charge on any atom is 0.252 e. The van der Waals surface area contributed by atoms with Gasteiger partial charge in [-0.25, -0.2) is 8.78 Å². The highest BCUT2D eigenvalue weighted by Crippen LogP contribution is 2.14. The maximum atomic E-state index is 13.2. The highest BCUT2D eigenvalue weighted by molar-refractivity contribution is 14.1. The highest BCUT2D eigenvalue weighted by atomic mass is 127. The lowest BCUT2D eigenvalue weighted by molar-refractivity contribution is -0.119. The van der Waals surface area contributed by atoms with Crippen molar-refractivity contribution < 1.29 is 18.4 Å². The van der Waals surface area contributed by atoms with Gasteiger partial charge in [0.1, 0.15) is 17.7 Å². The quantitative estimate of drug-likeness (QED) is 0.716. The molecular weight excluding hydrogens is 417 g/mol. The third-order valence-corrected chi connectivity index (χ3v) is 4.21. The van der Waals surface area contributed by atoms with Crippen molar-refractivity contribution in [3.8, 4) is 0 Å². The van der Waals surface area contributed by atoms with E-state index in [2.05, 4.69) is 27.9 Å². The zero-order valence-corrected chi connectivity index (χ0v) is 14.0. The number of hydrogen-bond donors (Lipinski definition) is 2. The fraction of sp³-hybridized carbons (Fsp3) is 0.125. The topological polar surface area (TPSA) is 72.2 Å². The van der Waals surface area contributed by atoms with E-state index in [4.69, 9.17) is 5.73 Å². The predicted molar refractivity (Wildman–Crippen MR) is 89.7 cm³/mol. The number of halogens is 3. The number of rotatable bonds is 5. The minimum absolute atomic E-state index is 0.192. The number of carbonyl (C=O) groups is 2. The summed E-state index contributed by atoms with van der Waals surface area (Å²) in [6.45, 7) is 0. The third-order valence-electron chi connectivity index (χ3n) is 3.16. The van der Waals surface area contributed by atoms with Gasteiger partial charge in [0.05, 0.1) is 0 Å². The molecule has 2 aromatic rings. The Morgan fingerprint density at radius 1 is 1.13 bits per heavy atom. The molecule has 120 valence electrons. The summed E-state index contributed by atoms with van der Waals surface area (Å²) in [4.78, 5) is 23.7. The second kappa shape index (κ2) is 7.49. The van der Waals surface area contributed by atoms with E-state index < -0.39 is 29.5 Å². The Morgan fingerprint density at radius 3 is 2.30 bits per heavy atom. The summed E-state index contributed by atoms with van der Waals surface area (Å²) in [5, 5.41) is 2.41. The molecular formula is C16H13F2IN2O2. The molecule has 2 rings (SSSR count). The van der Waals surface area contributed by atoms with Crippen LogP contribution in [0.4, 0.5) is 8.78 Å². The summed E-state index contributed by atoms with van der Waals surface area (Å²) in [5.74, 6) is -3.24. The Kier molecular flexibility index (Phi) is 5.64. The van der Waals surface area contributed by atoms with Crippen LogP contribution in [-0.4, -0.2) is 17.9 Å². The Hall–Kier alpha value is -2.03. The molecule has 2 amide bonds. The molecule has 0 bridgehead atoms. The van der Waals surface area contributed by atoms with Gasteiger partial charge in [0.25, 0.3) is 5.91 Å². The average molecular weight is 430 g/mol. The molecule has 23 heavy (non-hydrogen) atoms. The Labute approximate surface area is 145 Å². The lowest BCUT2D eigenvalue weighted by atomic mass is 10.0. The monoisotopic (exact) mass is 430 g/mol. The van der Waals surface area contributed by atoms with Crippen LogP contribution in [0.15, 0.2) is 42.5 Å². The molecule has 0 saturated heterocycles. The normalized spacial score (nSPS) is 11.8. The maximum absolute atomic E-state index is 13.2. The van der Waals surface area contributed by atoms with E-state index in [0.29, 0.717) is 6.07 Å². The van der Waals surface area contributed by atoms with Crippen molar-refractivity contribution >= 4 is 34.4 Å². The largest absolute Gasteiger partial charge is 0.368 e. The SMILES string of the molecule is NC(=O)[C@H](Cc1ccccc1I)NC(=O)c1cc(F)cc(F)c1. The molecule has 0 heterocycles. The summed E-state index contributed by atoms with van der Waals surface area (Å²) >= 11 is 2.11. The first-order valence-corrected chi connectivity index (χ1v) is 7.74. The first-order valence-electron chi connectivity index (χ1n) is 6.66. The third kappa shape index (κ3) is 4.72. The number of amides is 2. The standard InChI is InChI=1S/C16H13F2IN2O2/c17-11-5-10(6-12(18)8-11)16(23)21-14(15(20)22)7-9-3-1-2-4-13(9)19/h1-6,8,14H,7H2,(H2,20,22)(H,21,23)/t14-/m0/s1. The molecule has 0 aliphatic rings. The van der Waals surface area contributed by atoms with Gasteiger partial charge in [-0.15, -0.1) is 0 Å². The number of carbonyl (C=O) groups excluding carboxylic acids is 2. The molecule has 0 spiro atoms. The molecule has 0 saturated carbocycles. The minimum atomic E-state index is -0.982. The highest BCUT2D eigenvalue weighted by Gasteiger charge is 2.21. The van der Waals surface area contributed by atoms with Gasteiger partial charge in [-0.1, -0.05) is 18.2 Å². The van der Waals surface area contributed by atoms with Crippen LogP contribution in [0, 0.1) is 15.2 Å². The number of hydrogen-bond acceptors (Lipinski definition) is 2. The molecule has 0 aromatic heterocycles. The fourth-order valence-electron chi connectivity index (χ4n) is 2.03. The van der Waals surface area contributed by atoms with Gasteiger partial charge in [0.15, 0.2) is 0 Å². The minimum Gasteiger partial charge on any atom is -0.368 e. The second-order valence-corrected chi connectivity index (χ2v) is 6.04. The first kappa shape index (κ1) is 17.3. The summed E-state index contributed by atoms with van der Waals surface area (Å²) in [6.07, 6.45) is 0.192. The summed E-state index contributed by atoms with van der Waals surface area (Å²) in [7, 11) is 0. The van der Waals surface area contributed by atoms with Crippen LogP contribution in [0.5, 0.6) is 0 Å². The molecule has 0 unspecified atom stereocenters. The van der Waals surface area contributed by atoms with Crippen molar-refractivity contribution in [2.24, 2.45) is 5.73 Å². The van der Waals surface area contributed by atoms with E-state index in [1.165, 1.54) is 0 Å². The Morgan fingerprint density at radius 2 is 1.74 bits per heavy atom.